The fraction of sp³-hybridized carbons (Fsp3) is 0.143. The number of benzene rings is 2. The molecule has 8 heteroatoms. The molecule has 0 radical (unpaired) electrons. The first-order valence-electron chi connectivity index (χ1n) is 8.81. The average molecular weight is 395 g/mol. The minimum absolute atomic E-state index is 0.365. The normalized spacial score (nSPS) is 11.3. The number of hydrogen-bond acceptors (Lipinski definition) is 5. The summed E-state index contributed by atoms with van der Waals surface area (Å²) in [7, 11) is 0. The number of rotatable bonds is 7. The highest BCUT2D eigenvalue weighted by atomic mass is 16.5. The van der Waals surface area contributed by atoms with Gasteiger partial charge in [0.25, 0.3) is 11.8 Å². The van der Waals surface area contributed by atoms with Crippen LogP contribution < -0.4 is 16.2 Å². The van der Waals surface area contributed by atoms with E-state index in [1.165, 1.54) is 13.0 Å². The first kappa shape index (κ1) is 21.4. The third-order valence-corrected chi connectivity index (χ3v) is 3.65. The van der Waals surface area contributed by atoms with Crippen molar-refractivity contribution >= 4 is 29.8 Å². The Balaban J connectivity index is 1.69. The topological polar surface area (TPSA) is 114 Å². The van der Waals surface area contributed by atoms with E-state index in [-0.39, 0.29) is 0 Å². The summed E-state index contributed by atoms with van der Waals surface area (Å²) >= 11 is 0. The fourth-order valence-electron chi connectivity index (χ4n) is 2.13. The Morgan fingerprint density at radius 1 is 0.931 bits per heavy atom. The van der Waals surface area contributed by atoms with Gasteiger partial charge >= 0.3 is 5.97 Å². The van der Waals surface area contributed by atoms with Crippen LogP contribution in [-0.2, 0) is 19.1 Å². The number of hydrogen-bond donors (Lipinski definition) is 3. The van der Waals surface area contributed by atoms with E-state index in [2.05, 4.69) is 16.2 Å². The number of carbonyl (C=O) groups is 4. The summed E-state index contributed by atoms with van der Waals surface area (Å²) in [5.41, 5.74) is 5.61. The van der Waals surface area contributed by atoms with Crippen molar-refractivity contribution in [1.82, 2.24) is 16.2 Å². The summed E-state index contributed by atoms with van der Waals surface area (Å²) < 4.78 is 4.92. The Labute approximate surface area is 167 Å². The van der Waals surface area contributed by atoms with Gasteiger partial charge < -0.3 is 10.1 Å². The molecule has 0 saturated heterocycles. The Morgan fingerprint density at radius 3 is 2.21 bits per heavy atom. The summed E-state index contributed by atoms with van der Waals surface area (Å²) in [5.74, 6) is -2.48. The summed E-state index contributed by atoms with van der Waals surface area (Å²) in [5, 5.41) is 2.37. The van der Waals surface area contributed by atoms with Crippen molar-refractivity contribution in [1.29, 1.82) is 0 Å². The molecule has 2 aromatic rings. The van der Waals surface area contributed by atoms with E-state index in [1.807, 2.05) is 30.3 Å². The number of hydrazine groups is 1. The lowest BCUT2D eigenvalue weighted by Crippen LogP contribution is -2.47. The van der Waals surface area contributed by atoms with Gasteiger partial charge in [0.05, 0.1) is 0 Å². The zero-order valence-corrected chi connectivity index (χ0v) is 15.8. The molecular weight excluding hydrogens is 374 g/mol. The first-order valence-corrected chi connectivity index (χ1v) is 8.81. The van der Waals surface area contributed by atoms with Crippen molar-refractivity contribution in [2.45, 2.75) is 13.0 Å². The number of ether oxygens (including phenoxy) is 1. The van der Waals surface area contributed by atoms with E-state index in [4.69, 9.17) is 4.74 Å². The molecule has 0 aliphatic carbocycles. The number of esters is 1. The molecule has 0 unspecified atom stereocenters. The van der Waals surface area contributed by atoms with Crippen LogP contribution in [-0.4, -0.2) is 36.3 Å². The van der Waals surface area contributed by atoms with Gasteiger partial charge in [0, 0.05) is 11.6 Å². The Kier molecular flexibility index (Phi) is 8.12. The first-order chi connectivity index (χ1) is 14.0. The van der Waals surface area contributed by atoms with Crippen LogP contribution in [0.4, 0.5) is 0 Å². The van der Waals surface area contributed by atoms with Crippen LogP contribution in [0.25, 0.3) is 6.08 Å². The van der Waals surface area contributed by atoms with Gasteiger partial charge in [-0.2, -0.15) is 0 Å². The van der Waals surface area contributed by atoms with Crippen molar-refractivity contribution in [2.75, 3.05) is 6.54 Å². The standard InChI is InChI=1S/C21H21N3O5/c1-15(20(27)23-24-21(28)17-10-6-3-7-11-17)29-19(26)14-22-18(25)13-12-16-8-4-2-5-9-16/h2-13,15H,14H2,1H3,(H,22,25)(H,23,27)(H,24,28)/b13-12+/t15-/m0/s1. The predicted octanol–water partition coefficient (Wildman–Crippen LogP) is 1.21. The van der Waals surface area contributed by atoms with E-state index in [0.717, 1.165) is 5.56 Å². The van der Waals surface area contributed by atoms with Gasteiger partial charge in [-0.1, -0.05) is 48.5 Å². The maximum Gasteiger partial charge on any atom is 0.326 e. The molecule has 0 heterocycles. The molecule has 0 spiro atoms. The van der Waals surface area contributed by atoms with Crippen molar-refractivity contribution in [3.63, 3.8) is 0 Å². The predicted molar refractivity (Wildman–Crippen MR) is 106 cm³/mol. The van der Waals surface area contributed by atoms with Crippen LogP contribution >= 0.6 is 0 Å². The molecule has 0 bridgehead atoms. The average Bonchev–Trinajstić information content (AvgIpc) is 2.75. The van der Waals surface area contributed by atoms with Gasteiger partial charge in [-0.05, 0) is 30.7 Å². The lowest BCUT2D eigenvalue weighted by molar-refractivity contribution is -0.154. The fourth-order valence-corrected chi connectivity index (χ4v) is 2.13. The Morgan fingerprint density at radius 2 is 1.55 bits per heavy atom. The zero-order chi connectivity index (χ0) is 21.1. The second kappa shape index (κ2) is 11.0. The summed E-state index contributed by atoms with van der Waals surface area (Å²) in [6.07, 6.45) is 1.74. The van der Waals surface area contributed by atoms with E-state index < -0.39 is 36.3 Å². The molecule has 1 atom stereocenters. The van der Waals surface area contributed by atoms with Crippen molar-refractivity contribution in [3.8, 4) is 0 Å². The van der Waals surface area contributed by atoms with Gasteiger partial charge in [0.1, 0.15) is 6.54 Å². The molecule has 0 aliphatic heterocycles. The summed E-state index contributed by atoms with van der Waals surface area (Å²) in [4.78, 5) is 47.2. The maximum absolute atomic E-state index is 11.9. The van der Waals surface area contributed by atoms with Crippen molar-refractivity contribution in [2.24, 2.45) is 0 Å². The third-order valence-electron chi connectivity index (χ3n) is 3.65. The second-order valence-electron chi connectivity index (χ2n) is 5.90. The lowest BCUT2D eigenvalue weighted by Gasteiger charge is -2.14. The van der Waals surface area contributed by atoms with Gasteiger partial charge in [0.15, 0.2) is 6.10 Å². The van der Waals surface area contributed by atoms with Gasteiger partial charge in [-0.3, -0.25) is 30.0 Å². The molecule has 3 N–H and O–H groups in total. The molecule has 2 rings (SSSR count). The van der Waals surface area contributed by atoms with E-state index in [1.54, 1.807) is 36.4 Å². The molecule has 29 heavy (non-hydrogen) atoms. The van der Waals surface area contributed by atoms with Crippen molar-refractivity contribution in [3.05, 3.63) is 77.9 Å². The van der Waals surface area contributed by atoms with Crippen molar-refractivity contribution < 1.29 is 23.9 Å². The largest absolute Gasteiger partial charge is 0.451 e. The number of carbonyl (C=O) groups excluding carboxylic acids is 4. The summed E-state index contributed by atoms with van der Waals surface area (Å²) in [6.45, 7) is 0.949. The number of amides is 3. The van der Waals surface area contributed by atoms with E-state index in [0.29, 0.717) is 5.56 Å². The highest BCUT2D eigenvalue weighted by molar-refractivity contribution is 5.96. The number of nitrogens with one attached hydrogen (secondary N) is 3. The molecule has 0 aliphatic rings. The highest BCUT2D eigenvalue weighted by Gasteiger charge is 2.18. The highest BCUT2D eigenvalue weighted by Crippen LogP contribution is 2.00. The smallest absolute Gasteiger partial charge is 0.326 e. The van der Waals surface area contributed by atoms with Crippen LogP contribution in [0.5, 0.6) is 0 Å². The van der Waals surface area contributed by atoms with Crippen LogP contribution in [0.1, 0.15) is 22.8 Å². The monoisotopic (exact) mass is 395 g/mol. The summed E-state index contributed by atoms with van der Waals surface area (Å²) in [6, 6.07) is 17.5. The zero-order valence-electron chi connectivity index (χ0n) is 15.8. The van der Waals surface area contributed by atoms with Gasteiger partial charge in [0.2, 0.25) is 5.91 Å². The molecule has 0 saturated carbocycles. The molecule has 2 aromatic carbocycles. The van der Waals surface area contributed by atoms with Crippen LogP contribution in [0.15, 0.2) is 66.7 Å². The minimum atomic E-state index is -1.16. The minimum Gasteiger partial charge on any atom is -0.451 e. The van der Waals surface area contributed by atoms with Crippen LogP contribution in [0, 0.1) is 0 Å². The molecular formula is C21H21N3O5. The van der Waals surface area contributed by atoms with Gasteiger partial charge in [-0.25, -0.2) is 0 Å². The molecule has 150 valence electrons. The molecule has 8 nitrogen and oxygen atoms in total. The van der Waals surface area contributed by atoms with E-state index in [9.17, 15) is 19.2 Å². The molecule has 0 fully saturated rings. The maximum atomic E-state index is 11.9. The Hall–Kier alpha value is -3.94. The molecule has 0 aromatic heterocycles. The van der Waals surface area contributed by atoms with Crippen LogP contribution in [0.3, 0.4) is 0 Å². The second-order valence-corrected chi connectivity index (χ2v) is 5.90. The van der Waals surface area contributed by atoms with Crippen LogP contribution in [0.2, 0.25) is 0 Å². The van der Waals surface area contributed by atoms with Gasteiger partial charge in [-0.15, -0.1) is 0 Å². The van der Waals surface area contributed by atoms with E-state index >= 15 is 0 Å². The molecule has 3 amide bonds. The lowest BCUT2D eigenvalue weighted by atomic mass is 10.2. The quantitative estimate of drug-likeness (QED) is 0.370. The SMILES string of the molecule is C[C@H](OC(=O)CNC(=O)/C=C/c1ccccc1)C(=O)NNC(=O)c1ccccc1. The Bertz CT molecular complexity index is 882. The third kappa shape index (κ3) is 7.67.